The van der Waals surface area contributed by atoms with Crippen molar-refractivity contribution in [3.63, 3.8) is 0 Å². The summed E-state index contributed by atoms with van der Waals surface area (Å²) in [5, 5.41) is 0. The lowest BCUT2D eigenvalue weighted by atomic mass is 10.00. The standard InChI is InChI=1S/C17H28N2/c1-4-14-7-9-15(10-8-14)16(18)12-19-11-5-6-17(19)13(2)3/h7-10,13,16-17H,4-6,11-12,18H2,1-3H3. The Morgan fingerprint density at radius 2 is 1.95 bits per heavy atom. The Labute approximate surface area is 118 Å². The van der Waals surface area contributed by atoms with Crippen LogP contribution < -0.4 is 5.73 Å². The number of hydrogen-bond donors (Lipinski definition) is 1. The number of rotatable bonds is 5. The molecule has 1 aliphatic rings. The molecule has 106 valence electrons. The van der Waals surface area contributed by atoms with Gasteiger partial charge in [-0.2, -0.15) is 0 Å². The fraction of sp³-hybridized carbons (Fsp3) is 0.647. The number of nitrogens with zero attached hydrogens (tertiary/aromatic N) is 1. The summed E-state index contributed by atoms with van der Waals surface area (Å²) in [6.07, 6.45) is 3.75. The fourth-order valence-electron chi connectivity index (χ4n) is 3.19. The third-order valence-electron chi connectivity index (χ3n) is 4.43. The SMILES string of the molecule is CCc1ccc(C(N)CN2CCCC2C(C)C)cc1. The van der Waals surface area contributed by atoms with E-state index in [2.05, 4.69) is 49.9 Å². The maximum absolute atomic E-state index is 6.39. The van der Waals surface area contributed by atoms with Gasteiger partial charge in [-0.3, -0.25) is 4.90 Å². The molecule has 0 amide bonds. The summed E-state index contributed by atoms with van der Waals surface area (Å²) in [5.41, 5.74) is 9.04. The van der Waals surface area contributed by atoms with E-state index in [1.807, 2.05) is 0 Å². The van der Waals surface area contributed by atoms with Crippen molar-refractivity contribution in [1.82, 2.24) is 4.90 Å². The summed E-state index contributed by atoms with van der Waals surface area (Å²) in [6.45, 7) is 9.04. The summed E-state index contributed by atoms with van der Waals surface area (Å²) in [5.74, 6) is 0.733. The Bertz CT molecular complexity index is 383. The highest BCUT2D eigenvalue weighted by Crippen LogP contribution is 2.25. The van der Waals surface area contributed by atoms with Gasteiger partial charge in [-0.1, -0.05) is 45.0 Å². The first-order valence-electron chi connectivity index (χ1n) is 7.70. The molecule has 0 saturated carbocycles. The third-order valence-corrected chi connectivity index (χ3v) is 4.43. The van der Waals surface area contributed by atoms with Crippen LogP contribution in [-0.2, 0) is 6.42 Å². The third kappa shape index (κ3) is 3.58. The predicted molar refractivity (Wildman–Crippen MR) is 82.2 cm³/mol. The van der Waals surface area contributed by atoms with Crippen LogP contribution in [0.4, 0.5) is 0 Å². The van der Waals surface area contributed by atoms with E-state index < -0.39 is 0 Å². The van der Waals surface area contributed by atoms with E-state index >= 15 is 0 Å². The molecule has 0 bridgehead atoms. The molecular formula is C17H28N2. The molecule has 2 rings (SSSR count). The highest BCUT2D eigenvalue weighted by molar-refractivity contribution is 5.25. The van der Waals surface area contributed by atoms with Crippen molar-refractivity contribution >= 4 is 0 Å². The van der Waals surface area contributed by atoms with Gasteiger partial charge >= 0.3 is 0 Å². The van der Waals surface area contributed by atoms with Crippen LogP contribution in [0.3, 0.4) is 0 Å². The van der Waals surface area contributed by atoms with Crippen molar-refractivity contribution < 1.29 is 0 Å². The van der Waals surface area contributed by atoms with Crippen molar-refractivity contribution in [2.45, 2.75) is 52.1 Å². The van der Waals surface area contributed by atoms with Gasteiger partial charge in [0.15, 0.2) is 0 Å². The Kier molecular flexibility index (Phi) is 5.00. The molecule has 1 aromatic carbocycles. The number of likely N-dealkylation sites (tertiary alicyclic amines) is 1. The molecule has 0 spiro atoms. The molecular weight excluding hydrogens is 232 g/mol. The second-order valence-corrected chi connectivity index (χ2v) is 6.15. The van der Waals surface area contributed by atoms with Gasteiger partial charge in [-0.05, 0) is 42.9 Å². The Morgan fingerprint density at radius 3 is 2.53 bits per heavy atom. The molecule has 2 heteroatoms. The van der Waals surface area contributed by atoms with E-state index in [-0.39, 0.29) is 6.04 Å². The van der Waals surface area contributed by atoms with E-state index in [0.29, 0.717) is 0 Å². The van der Waals surface area contributed by atoms with Crippen LogP contribution in [0.1, 0.15) is 50.8 Å². The minimum atomic E-state index is 0.144. The summed E-state index contributed by atoms with van der Waals surface area (Å²) in [7, 11) is 0. The van der Waals surface area contributed by atoms with Crippen molar-refractivity contribution in [1.29, 1.82) is 0 Å². The van der Waals surface area contributed by atoms with Crippen molar-refractivity contribution in [3.8, 4) is 0 Å². The molecule has 2 unspecified atom stereocenters. The van der Waals surface area contributed by atoms with Crippen LogP contribution >= 0.6 is 0 Å². The molecule has 1 heterocycles. The summed E-state index contributed by atoms with van der Waals surface area (Å²) in [6, 6.07) is 9.68. The molecule has 2 N–H and O–H groups in total. The summed E-state index contributed by atoms with van der Waals surface area (Å²) >= 11 is 0. The number of benzene rings is 1. The van der Waals surface area contributed by atoms with E-state index in [0.717, 1.165) is 24.9 Å². The summed E-state index contributed by atoms with van der Waals surface area (Å²) < 4.78 is 0. The van der Waals surface area contributed by atoms with Crippen LogP contribution in [0.15, 0.2) is 24.3 Å². The van der Waals surface area contributed by atoms with E-state index in [1.165, 1.54) is 30.5 Å². The fourth-order valence-corrected chi connectivity index (χ4v) is 3.19. The highest BCUT2D eigenvalue weighted by Gasteiger charge is 2.28. The average molecular weight is 260 g/mol. The molecule has 2 nitrogen and oxygen atoms in total. The maximum Gasteiger partial charge on any atom is 0.0424 e. The van der Waals surface area contributed by atoms with Crippen molar-refractivity contribution in [2.75, 3.05) is 13.1 Å². The number of nitrogens with two attached hydrogens (primary N) is 1. The maximum atomic E-state index is 6.39. The van der Waals surface area contributed by atoms with Crippen LogP contribution in [-0.4, -0.2) is 24.0 Å². The lowest BCUT2D eigenvalue weighted by Gasteiger charge is -2.30. The minimum absolute atomic E-state index is 0.144. The van der Waals surface area contributed by atoms with Gasteiger partial charge < -0.3 is 5.73 Å². The molecule has 19 heavy (non-hydrogen) atoms. The first-order chi connectivity index (χ1) is 9.11. The Morgan fingerprint density at radius 1 is 1.26 bits per heavy atom. The Balaban J connectivity index is 1.97. The van der Waals surface area contributed by atoms with Gasteiger partial charge in [0, 0.05) is 18.6 Å². The zero-order valence-corrected chi connectivity index (χ0v) is 12.6. The van der Waals surface area contributed by atoms with Crippen LogP contribution in [0.2, 0.25) is 0 Å². The van der Waals surface area contributed by atoms with E-state index in [4.69, 9.17) is 5.73 Å². The van der Waals surface area contributed by atoms with E-state index in [1.54, 1.807) is 0 Å². The molecule has 0 radical (unpaired) electrons. The summed E-state index contributed by atoms with van der Waals surface area (Å²) in [4.78, 5) is 2.59. The molecule has 0 aromatic heterocycles. The second-order valence-electron chi connectivity index (χ2n) is 6.15. The minimum Gasteiger partial charge on any atom is -0.323 e. The lowest BCUT2D eigenvalue weighted by molar-refractivity contribution is 0.196. The zero-order valence-electron chi connectivity index (χ0n) is 12.6. The molecule has 0 aliphatic carbocycles. The van der Waals surface area contributed by atoms with Gasteiger partial charge in [0.1, 0.15) is 0 Å². The van der Waals surface area contributed by atoms with E-state index in [9.17, 15) is 0 Å². The van der Waals surface area contributed by atoms with Gasteiger partial charge in [0.25, 0.3) is 0 Å². The zero-order chi connectivity index (χ0) is 13.8. The smallest absolute Gasteiger partial charge is 0.0424 e. The quantitative estimate of drug-likeness (QED) is 0.879. The molecule has 2 atom stereocenters. The molecule has 1 fully saturated rings. The molecule has 1 aliphatic heterocycles. The van der Waals surface area contributed by atoms with Gasteiger partial charge in [0.2, 0.25) is 0 Å². The van der Waals surface area contributed by atoms with Gasteiger partial charge in [-0.15, -0.1) is 0 Å². The topological polar surface area (TPSA) is 29.3 Å². The predicted octanol–water partition coefficient (Wildman–Crippen LogP) is 3.37. The van der Waals surface area contributed by atoms with Crippen LogP contribution in [0.5, 0.6) is 0 Å². The largest absolute Gasteiger partial charge is 0.323 e. The second kappa shape index (κ2) is 6.53. The average Bonchev–Trinajstić information content (AvgIpc) is 2.87. The molecule has 1 aromatic rings. The molecule has 1 saturated heterocycles. The van der Waals surface area contributed by atoms with Crippen LogP contribution in [0.25, 0.3) is 0 Å². The number of aryl methyl sites for hydroxylation is 1. The van der Waals surface area contributed by atoms with Crippen molar-refractivity contribution in [2.24, 2.45) is 11.7 Å². The van der Waals surface area contributed by atoms with Crippen molar-refractivity contribution in [3.05, 3.63) is 35.4 Å². The first kappa shape index (κ1) is 14.5. The van der Waals surface area contributed by atoms with Gasteiger partial charge in [0.05, 0.1) is 0 Å². The first-order valence-corrected chi connectivity index (χ1v) is 7.70. The normalized spacial score (nSPS) is 22.1. The van der Waals surface area contributed by atoms with Crippen LogP contribution in [0, 0.1) is 5.92 Å². The Hall–Kier alpha value is -0.860. The lowest BCUT2D eigenvalue weighted by Crippen LogP contribution is -2.38. The highest BCUT2D eigenvalue weighted by atomic mass is 15.2. The monoisotopic (exact) mass is 260 g/mol. The van der Waals surface area contributed by atoms with Gasteiger partial charge in [-0.25, -0.2) is 0 Å². The number of hydrogen-bond acceptors (Lipinski definition) is 2.